The number of rotatable bonds is 3. The molecule has 1 saturated heterocycles. The number of fused-ring (bicyclic) bond motifs is 1. The van der Waals surface area contributed by atoms with Crippen molar-refractivity contribution in [2.45, 2.75) is 25.8 Å². The third-order valence-electron chi connectivity index (χ3n) is 4.53. The third-order valence-corrected chi connectivity index (χ3v) is 5.59. The van der Waals surface area contributed by atoms with Crippen molar-refractivity contribution >= 4 is 32.4 Å². The molecule has 122 valence electrons. The molecule has 1 aliphatic rings. The van der Waals surface area contributed by atoms with Crippen molar-refractivity contribution in [1.29, 1.82) is 0 Å². The molecular weight excluding hydrogens is 322 g/mol. The second-order valence-electron chi connectivity index (χ2n) is 6.17. The number of non-ortho nitro benzene ring substituents is 1. The molecule has 3 aromatic rings. The monoisotopic (exact) mass is 339 g/mol. The molecule has 1 unspecified atom stereocenters. The van der Waals surface area contributed by atoms with Gasteiger partial charge in [0.1, 0.15) is 0 Å². The number of nitro groups is 1. The van der Waals surface area contributed by atoms with Gasteiger partial charge in [-0.25, -0.2) is 4.98 Å². The number of nitrogens with zero attached hydrogens (tertiary/aromatic N) is 3. The molecule has 5 nitrogen and oxygen atoms in total. The maximum Gasteiger partial charge on any atom is 0.270 e. The van der Waals surface area contributed by atoms with Crippen molar-refractivity contribution in [3.8, 4) is 0 Å². The summed E-state index contributed by atoms with van der Waals surface area (Å²) in [5, 5.41) is 11.9. The number of thiazole rings is 1. The van der Waals surface area contributed by atoms with Crippen molar-refractivity contribution in [2.75, 3.05) is 11.4 Å². The lowest BCUT2D eigenvalue weighted by atomic mass is 10.0. The van der Waals surface area contributed by atoms with E-state index in [0.29, 0.717) is 6.04 Å². The van der Waals surface area contributed by atoms with Gasteiger partial charge in [-0.1, -0.05) is 41.2 Å². The number of nitro benzene ring substituents is 1. The van der Waals surface area contributed by atoms with Gasteiger partial charge in [0.15, 0.2) is 5.13 Å². The zero-order valence-corrected chi connectivity index (χ0v) is 14.1. The van der Waals surface area contributed by atoms with Crippen LogP contribution in [0.3, 0.4) is 0 Å². The van der Waals surface area contributed by atoms with Crippen LogP contribution in [0.2, 0.25) is 0 Å². The summed E-state index contributed by atoms with van der Waals surface area (Å²) in [7, 11) is 0. The van der Waals surface area contributed by atoms with Crippen LogP contribution < -0.4 is 4.90 Å². The van der Waals surface area contributed by atoms with Crippen LogP contribution in [-0.4, -0.2) is 16.5 Å². The van der Waals surface area contributed by atoms with E-state index >= 15 is 0 Å². The molecule has 0 saturated carbocycles. The molecule has 1 aromatic heterocycles. The van der Waals surface area contributed by atoms with Gasteiger partial charge in [0.25, 0.3) is 5.69 Å². The van der Waals surface area contributed by atoms with Gasteiger partial charge in [-0.05, 0) is 31.4 Å². The van der Waals surface area contributed by atoms with E-state index in [-0.39, 0.29) is 10.6 Å². The SMILES string of the molecule is Cc1ccc(C2CCCN2c2nc3ccc([N+](=O)[O-])cc3s2)cc1. The molecule has 0 aliphatic carbocycles. The van der Waals surface area contributed by atoms with E-state index in [1.807, 2.05) is 0 Å². The molecule has 4 rings (SSSR count). The van der Waals surface area contributed by atoms with Gasteiger partial charge in [0.05, 0.1) is 21.2 Å². The standard InChI is InChI=1S/C18H17N3O2S/c1-12-4-6-13(7-5-12)16-3-2-10-20(16)18-19-15-9-8-14(21(22)23)11-17(15)24-18/h4-9,11,16H,2-3,10H2,1H3. The summed E-state index contributed by atoms with van der Waals surface area (Å²) >= 11 is 1.54. The lowest BCUT2D eigenvalue weighted by Crippen LogP contribution is -2.22. The van der Waals surface area contributed by atoms with Gasteiger partial charge >= 0.3 is 0 Å². The molecule has 0 radical (unpaired) electrons. The first kappa shape index (κ1) is 15.1. The maximum atomic E-state index is 11.0. The first-order valence-corrected chi connectivity index (χ1v) is 8.82. The van der Waals surface area contributed by atoms with Crippen LogP contribution in [0, 0.1) is 17.0 Å². The Labute approximate surface area is 143 Å². The minimum Gasteiger partial charge on any atom is -0.341 e. The van der Waals surface area contributed by atoms with E-state index < -0.39 is 0 Å². The Morgan fingerprint density at radius 3 is 2.79 bits per heavy atom. The Balaban J connectivity index is 1.70. The number of benzene rings is 2. The molecule has 1 atom stereocenters. The zero-order valence-electron chi connectivity index (χ0n) is 13.3. The van der Waals surface area contributed by atoms with Crippen LogP contribution in [0.5, 0.6) is 0 Å². The second-order valence-corrected chi connectivity index (χ2v) is 7.18. The fraction of sp³-hybridized carbons (Fsp3) is 0.278. The summed E-state index contributed by atoms with van der Waals surface area (Å²) < 4.78 is 0.869. The number of anilines is 1. The highest BCUT2D eigenvalue weighted by Crippen LogP contribution is 2.40. The normalized spacial score (nSPS) is 17.5. The van der Waals surface area contributed by atoms with Gasteiger partial charge in [-0.15, -0.1) is 0 Å². The van der Waals surface area contributed by atoms with Crippen LogP contribution in [0.4, 0.5) is 10.8 Å². The Morgan fingerprint density at radius 1 is 1.25 bits per heavy atom. The highest BCUT2D eigenvalue weighted by molar-refractivity contribution is 7.22. The molecule has 2 heterocycles. The van der Waals surface area contributed by atoms with Crippen molar-refractivity contribution in [3.05, 3.63) is 63.7 Å². The molecule has 24 heavy (non-hydrogen) atoms. The van der Waals surface area contributed by atoms with Crippen LogP contribution in [-0.2, 0) is 0 Å². The van der Waals surface area contributed by atoms with E-state index in [4.69, 9.17) is 4.98 Å². The molecule has 0 bridgehead atoms. The molecule has 0 spiro atoms. The predicted molar refractivity (Wildman–Crippen MR) is 96.8 cm³/mol. The Kier molecular flexibility index (Phi) is 3.69. The Morgan fingerprint density at radius 2 is 2.04 bits per heavy atom. The number of hydrogen-bond acceptors (Lipinski definition) is 5. The van der Waals surface area contributed by atoms with Crippen LogP contribution in [0.1, 0.15) is 30.0 Å². The summed E-state index contributed by atoms with van der Waals surface area (Å²) in [5.74, 6) is 0. The van der Waals surface area contributed by atoms with Gasteiger partial charge in [0.2, 0.25) is 0 Å². The van der Waals surface area contributed by atoms with E-state index in [1.54, 1.807) is 12.1 Å². The van der Waals surface area contributed by atoms with E-state index in [2.05, 4.69) is 36.1 Å². The zero-order chi connectivity index (χ0) is 16.7. The Hall–Kier alpha value is -2.47. The molecule has 1 aliphatic heterocycles. The molecule has 0 N–H and O–H groups in total. The quantitative estimate of drug-likeness (QED) is 0.505. The third kappa shape index (κ3) is 2.63. The minimum atomic E-state index is -0.357. The van der Waals surface area contributed by atoms with Crippen molar-refractivity contribution in [1.82, 2.24) is 4.98 Å². The average molecular weight is 339 g/mol. The van der Waals surface area contributed by atoms with Crippen molar-refractivity contribution in [2.24, 2.45) is 0 Å². The van der Waals surface area contributed by atoms with Gasteiger partial charge in [-0.2, -0.15) is 0 Å². The van der Waals surface area contributed by atoms with Gasteiger partial charge in [-0.3, -0.25) is 10.1 Å². The topological polar surface area (TPSA) is 59.3 Å². The predicted octanol–water partition coefficient (Wildman–Crippen LogP) is 4.85. The molecule has 6 heteroatoms. The molecular formula is C18H17N3O2S. The first-order valence-electron chi connectivity index (χ1n) is 8.00. The number of aryl methyl sites for hydroxylation is 1. The molecule has 2 aromatic carbocycles. The average Bonchev–Trinajstić information content (AvgIpc) is 3.21. The van der Waals surface area contributed by atoms with E-state index in [9.17, 15) is 10.1 Å². The number of aromatic nitrogens is 1. The molecule has 0 amide bonds. The van der Waals surface area contributed by atoms with Crippen molar-refractivity contribution < 1.29 is 4.92 Å². The highest BCUT2D eigenvalue weighted by atomic mass is 32.1. The van der Waals surface area contributed by atoms with E-state index in [1.165, 1.54) is 28.5 Å². The van der Waals surface area contributed by atoms with Gasteiger partial charge in [0, 0.05) is 18.7 Å². The number of hydrogen-bond donors (Lipinski definition) is 0. The van der Waals surface area contributed by atoms with E-state index in [0.717, 1.165) is 34.7 Å². The summed E-state index contributed by atoms with van der Waals surface area (Å²) in [4.78, 5) is 17.6. The second kappa shape index (κ2) is 5.87. The summed E-state index contributed by atoms with van der Waals surface area (Å²) in [6, 6.07) is 13.9. The highest BCUT2D eigenvalue weighted by Gasteiger charge is 2.28. The van der Waals surface area contributed by atoms with Crippen molar-refractivity contribution in [3.63, 3.8) is 0 Å². The summed E-state index contributed by atoms with van der Waals surface area (Å²) in [5.41, 5.74) is 3.52. The van der Waals surface area contributed by atoms with Crippen LogP contribution in [0.25, 0.3) is 10.2 Å². The largest absolute Gasteiger partial charge is 0.341 e. The summed E-state index contributed by atoms with van der Waals surface area (Å²) in [6.07, 6.45) is 2.24. The van der Waals surface area contributed by atoms with Crippen LogP contribution >= 0.6 is 11.3 Å². The summed E-state index contributed by atoms with van der Waals surface area (Å²) in [6.45, 7) is 3.07. The molecule has 1 fully saturated rings. The maximum absolute atomic E-state index is 11.0. The Bertz CT molecular complexity index is 904. The first-order chi connectivity index (χ1) is 11.6. The smallest absolute Gasteiger partial charge is 0.270 e. The lowest BCUT2D eigenvalue weighted by Gasteiger charge is -2.24. The fourth-order valence-electron chi connectivity index (χ4n) is 3.27. The fourth-order valence-corrected chi connectivity index (χ4v) is 4.34. The lowest BCUT2D eigenvalue weighted by molar-refractivity contribution is -0.384. The van der Waals surface area contributed by atoms with Gasteiger partial charge < -0.3 is 4.90 Å². The minimum absolute atomic E-state index is 0.120. The van der Waals surface area contributed by atoms with Crippen LogP contribution in [0.15, 0.2) is 42.5 Å².